The van der Waals surface area contributed by atoms with E-state index in [4.69, 9.17) is 7.85 Å². The van der Waals surface area contributed by atoms with E-state index < -0.39 is 9.52 Å². The fourth-order valence-corrected chi connectivity index (χ4v) is 8.06. The maximum absolute atomic E-state index is 5.67. The van der Waals surface area contributed by atoms with Gasteiger partial charge in [-0.15, -0.1) is 5.98 Å². The maximum Gasteiger partial charge on any atom is 0.103 e. The molecule has 2 nitrogen and oxygen atoms in total. The molecule has 1 heterocycles. The summed E-state index contributed by atoms with van der Waals surface area (Å²) >= 11 is 0. The van der Waals surface area contributed by atoms with Crippen molar-refractivity contribution in [2.45, 2.75) is 24.9 Å². The van der Waals surface area contributed by atoms with E-state index in [1.165, 1.54) is 21.9 Å². The Bertz CT molecular complexity index is 1620. The molecule has 6 rings (SSSR count). The predicted molar refractivity (Wildman–Crippen MR) is 186 cm³/mol. The summed E-state index contributed by atoms with van der Waals surface area (Å²) in [5.41, 5.74) is 7.40. The lowest BCUT2D eigenvalue weighted by molar-refractivity contribution is 0.596. The first-order valence-electron chi connectivity index (χ1n) is 14.8. The third kappa shape index (κ3) is 7.05. The van der Waals surface area contributed by atoms with Crippen molar-refractivity contribution in [1.29, 1.82) is 0 Å². The molecule has 0 aliphatic rings. The van der Waals surface area contributed by atoms with Crippen LogP contribution in [-0.4, -0.2) is 26.9 Å². The molecule has 0 fully saturated rings. The van der Waals surface area contributed by atoms with Gasteiger partial charge in [-0.05, 0) is 39.3 Å². The number of imidazole rings is 1. The van der Waals surface area contributed by atoms with Crippen LogP contribution < -0.4 is 5.19 Å². The van der Waals surface area contributed by atoms with Gasteiger partial charge in [0.15, 0.2) is 0 Å². The molecular formula is C39H37BN2Si. The average Bonchev–Trinajstić information content (AvgIpc) is 3.62. The molecule has 0 aliphatic carbocycles. The van der Waals surface area contributed by atoms with Crippen molar-refractivity contribution in [3.63, 3.8) is 0 Å². The Labute approximate surface area is 260 Å². The van der Waals surface area contributed by atoms with Crippen LogP contribution in [0.3, 0.4) is 0 Å². The van der Waals surface area contributed by atoms with Crippen LogP contribution in [0.15, 0.2) is 170 Å². The van der Waals surface area contributed by atoms with Gasteiger partial charge in [0, 0.05) is 12.4 Å². The highest BCUT2D eigenvalue weighted by molar-refractivity contribution is 6.57. The molecule has 0 saturated carbocycles. The van der Waals surface area contributed by atoms with Crippen molar-refractivity contribution in [3.05, 3.63) is 198 Å². The Balaban J connectivity index is 0.000000207. The molecule has 0 atom stereocenters. The molecule has 0 aliphatic heterocycles. The monoisotopic (exact) mass is 572 g/mol. The quantitative estimate of drug-likeness (QED) is 0.173. The van der Waals surface area contributed by atoms with Crippen molar-refractivity contribution in [2.75, 3.05) is 0 Å². The van der Waals surface area contributed by atoms with E-state index in [0.29, 0.717) is 5.92 Å². The largest absolute Gasteiger partial charge is 0.326 e. The number of hydrogen-bond donors (Lipinski definition) is 0. The van der Waals surface area contributed by atoms with Gasteiger partial charge in [0.1, 0.15) is 7.85 Å². The van der Waals surface area contributed by atoms with Crippen molar-refractivity contribution in [2.24, 2.45) is 0 Å². The molecule has 2 radical (unpaired) electrons. The van der Waals surface area contributed by atoms with Gasteiger partial charge >= 0.3 is 0 Å². The lowest BCUT2D eigenvalue weighted by Gasteiger charge is -2.37. The summed E-state index contributed by atoms with van der Waals surface area (Å²) in [5.74, 6) is 2.19. The molecule has 0 bridgehead atoms. The smallest absolute Gasteiger partial charge is 0.103 e. The number of rotatable bonds is 8. The summed E-state index contributed by atoms with van der Waals surface area (Å²) in [6, 6.07) is 51.3. The molecule has 0 unspecified atom stereocenters. The molecule has 43 heavy (non-hydrogen) atoms. The zero-order valence-corrected chi connectivity index (χ0v) is 26.3. The topological polar surface area (TPSA) is 17.8 Å². The summed E-state index contributed by atoms with van der Waals surface area (Å²) in [5, 5.41) is 1.25. The maximum atomic E-state index is 5.67. The molecule has 6 aromatic rings. The Kier molecular flexibility index (Phi) is 10.0. The molecule has 0 amide bonds. The lowest BCUT2D eigenvalue weighted by atomic mass is 9.92. The summed E-state index contributed by atoms with van der Waals surface area (Å²) in [6.07, 6.45) is 5.97. The van der Waals surface area contributed by atoms with Crippen molar-refractivity contribution < 1.29 is 0 Å². The molecular weight excluding hydrogens is 535 g/mol. The number of nitrogens with zero attached hydrogens (tertiary/aromatic N) is 2. The highest BCUT2D eigenvalue weighted by Crippen LogP contribution is 2.33. The molecule has 4 heteroatoms. The minimum Gasteiger partial charge on any atom is -0.326 e. The summed E-state index contributed by atoms with van der Waals surface area (Å²) in [6.45, 7) is 4.52. The van der Waals surface area contributed by atoms with Crippen LogP contribution in [0.1, 0.15) is 47.6 Å². The highest BCUT2D eigenvalue weighted by Gasteiger charge is 2.36. The summed E-state index contributed by atoms with van der Waals surface area (Å²) in [7, 11) is 4.87. The van der Waals surface area contributed by atoms with Crippen LogP contribution in [0.25, 0.3) is 5.57 Å². The first-order chi connectivity index (χ1) is 21.1. The molecule has 5 aromatic carbocycles. The Morgan fingerprint density at radius 1 is 0.698 bits per heavy atom. The molecule has 0 spiro atoms. The van der Waals surface area contributed by atoms with Crippen molar-refractivity contribution in [1.82, 2.24) is 9.55 Å². The van der Waals surface area contributed by atoms with Gasteiger partial charge in [0.2, 0.25) is 0 Å². The van der Waals surface area contributed by atoms with Crippen LogP contribution in [0, 0.1) is 0 Å². The standard InChI is InChI=1S/C25H26N2Si.C14H11B/c1-20(2)21-10-9-15-24(18-21)28-25(27-17-16-26-19-27,22-11-5-3-6-12-22)23-13-7-4-8-14-23;15-11-14(12-7-3-1-4-8-12)13-9-5-2-6-10-13/h3-20H,28H2,1-2H3;1-11H. The first kappa shape index (κ1) is 29.8. The molecule has 1 aromatic heterocycles. The van der Waals surface area contributed by atoms with Gasteiger partial charge in [-0.2, -0.15) is 0 Å². The zero-order chi connectivity index (χ0) is 29.9. The van der Waals surface area contributed by atoms with Crippen LogP contribution in [0.2, 0.25) is 0 Å². The van der Waals surface area contributed by atoms with Crippen molar-refractivity contribution in [3.8, 4) is 0 Å². The van der Waals surface area contributed by atoms with E-state index >= 15 is 0 Å². The Morgan fingerprint density at radius 3 is 1.65 bits per heavy atom. The predicted octanol–water partition coefficient (Wildman–Crippen LogP) is 7.49. The van der Waals surface area contributed by atoms with Crippen LogP contribution in [-0.2, 0) is 5.16 Å². The average molecular weight is 573 g/mol. The minimum atomic E-state index is -0.800. The van der Waals surface area contributed by atoms with Crippen LogP contribution in [0.5, 0.6) is 0 Å². The molecule has 210 valence electrons. The van der Waals surface area contributed by atoms with Gasteiger partial charge < -0.3 is 4.57 Å². The van der Waals surface area contributed by atoms with E-state index in [1.54, 1.807) is 5.98 Å². The Hall–Kier alpha value is -4.67. The molecule has 0 saturated heterocycles. The van der Waals surface area contributed by atoms with Gasteiger partial charge in [-0.25, -0.2) is 4.98 Å². The van der Waals surface area contributed by atoms with Gasteiger partial charge in [-0.3, -0.25) is 0 Å². The second-order valence-electron chi connectivity index (χ2n) is 11.0. The second kappa shape index (κ2) is 14.5. The van der Waals surface area contributed by atoms with Gasteiger partial charge in [-0.1, -0.05) is 165 Å². The van der Waals surface area contributed by atoms with E-state index in [0.717, 1.165) is 16.7 Å². The van der Waals surface area contributed by atoms with E-state index in [2.05, 4.69) is 139 Å². The summed E-state index contributed by atoms with van der Waals surface area (Å²) < 4.78 is 2.31. The zero-order valence-electron chi connectivity index (χ0n) is 24.9. The highest BCUT2D eigenvalue weighted by atomic mass is 28.2. The van der Waals surface area contributed by atoms with Gasteiger partial charge in [0.05, 0.1) is 21.0 Å². The van der Waals surface area contributed by atoms with Gasteiger partial charge in [0.25, 0.3) is 0 Å². The second-order valence-corrected chi connectivity index (χ2v) is 13.1. The fourth-order valence-electron chi connectivity index (χ4n) is 5.63. The van der Waals surface area contributed by atoms with Crippen LogP contribution >= 0.6 is 0 Å². The SMILES string of the molecule is CC(C)c1cccc([SiH2]C(c2ccccc2)(c2ccccc2)n2ccnc2)c1.[B]C=C(c1ccccc1)c1ccccc1. The fraction of sp³-hybridized carbons (Fsp3) is 0.103. The van der Waals surface area contributed by atoms with Crippen molar-refractivity contribution >= 4 is 28.1 Å². The number of aromatic nitrogens is 2. The van der Waals surface area contributed by atoms with Crippen LogP contribution in [0.4, 0.5) is 0 Å². The lowest BCUT2D eigenvalue weighted by Crippen LogP contribution is -2.46. The van der Waals surface area contributed by atoms with E-state index in [-0.39, 0.29) is 5.16 Å². The molecule has 0 N–H and O–H groups in total. The third-order valence-electron chi connectivity index (χ3n) is 7.86. The summed E-state index contributed by atoms with van der Waals surface area (Å²) in [4.78, 5) is 4.41. The number of benzene rings is 5. The number of hydrogen-bond acceptors (Lipinski definition) is 1. The first-order valence-corrected chi connectivity index (χ1v) is 16.2. The minimum absolute atomic E-state index is 0.214. The van der Waals surface area contributed by atoms with E-state index in [9.17, 15) is 0 Å². The van der Waals surface area contributed by atoms with E-state index in [1.807, 2.05) is 48.9 Å². The Morgan fingerprint density at radius 2 is 1.21 bits per heavy atom. The third-order valence-corrected chi connectivity index (χ3v) is 10.4. The normalized spacial score (nSPS) is 11.2.